The molecule has 1 rings (SSSR count). The zero-order valence-electron chi connectivity index (χ0n) is 8.01. The van der Waals surface area contributed by atoms with E-state index in [2.05, 4.69) is 4.98 Å². The first-order valence-electron chi connectivity index (χ1n) is 4.06. The van der Waals surface area contributed by atoms with Crippen LogP contribution in [0.1, 0.15) is 10.5 Å². The van der Waals surface area contributed by atoms with Gasteiger partial charge in [-0.25, -0.2) is 0 Å². The van der Waals surface area contributed by atoms with Gasteiger partial charge in [0.05, 0.1) is 0 Å². The molecule has 0 atom stereocenters. The Kier molecular flexibility index (Phi) is 3.21. The third kappa shape index (κ3) is 2.10. The molecule has 0 aliphatic heterocycles. The van der Waals surface area contributed by atoms with Crippen LogP contribution in [0.5, 0.6) is 0 Å². The lowest BCUT2D eigenvalue weighted by molar-refractivity contribution is 0.0823. The minimum atomic E-state index is -1.68. The zero-order chi connectivity index (χ0) is 10.7. The molecule has 0 bridgehead atoms. The van der Waals surface area contributed by atoms with Crippen molar-refractivity contribution in [1.29, 1.82) is 0 Å². The van der Waals surface area contributed by atoms with Crippen molar-refractivity contribution in [2.75, 3.05) is 14.1 Å². The fourth-order valence-corrected chi connectivity index (χ4v) is 1.02. The van der Waals surface area contributed by atoms with Gasteiger partial charge in [0.1, 0.15) is 5.69 Å². The van der Waals surface area contributed by atoms with Gasteiger partial charge in [-0.1, -0.05) is 6.07 Å². The van der Waals surface area contributed by atoms with Crippen LogP contribution in [0.25, 0.3) is 0 Å². The molecular weight excluding hydrogens is 183 g/mol. The predicted octanol–water partition coefficient (Wildman–Crippen LogP) is -1.54. The van der Waals surface area contributed by atoms with Gasteiger partial charge in [0.15, 0.2) is 0 Å². The van der Waals surface area contributed by atoms with Crippen LogP contribution in [-0.4, -0.2) is 47.1 Å². The highest BCUT2D eigenvalue weighted by Gasteiger charge is 2.22. The van der Waals surface area contributed by atoms with Crippen LogP contribution in [0.4, 0.5) is 0 Å². The number of pyridine rings is 1. The summed E-state index contributed by atoms with van der Waals surface area (Å²) in [6, 6.07) is 3.00. The molecule has 1 aromatic rings. The summed E-state index contributed by atoms with van der Waals surface area (Å²) in [5.41, 5.74) is 0.179. The van der Waals surface area contributed by atoms with Gasteiger partial charge >= 0.3 is 7.12 Å². The van der Waals surface area contributed by atoms with Gasteiger partial charge in [0.25, 0.3) is 5.91 Å². The molecule has 0 fully saturated rings. The van der Waals surface area contributed by atoms with Crippen LogP contribution in [0.2, 0.25) is 0 Å². The molecule has 0 unspecified atom stereocenters. The Morgan fingerprint density at radius 2 is 2.14 bits per heavy atom. The molecule has 74 valence electrons. The lowest BCUT2D eigenvalue weighted by Crippen LogP contribution is -2.38. The lowest BCUT2D eigenvalue weighted by atomic mass is 9.79. The molecule has 0 aromatic carbocycles. The second-order valence-electron chi connectivity index (χ2n) is 3.01. The average Bonchev–Trinajstić information content (AvgIpc) is 2.16. The molecule has 0 aliphatic rings. The van der Waals surface area contributed by atoms with Crippen LogP contribution in [0.3, 0.4) is 0 Å². The predicted molar refractivity (Wildman–Crippen MR) is 52.1 cm³/mol. The maximum atomic E-state index is 11.5. The standard InChI is InChI=1S/C8H11BN2O3/c1-11(2)8(12)7-6(9(13)14)4-3-5-10-7/h3-5,13-14H,1-2H3. The smallest absolute Gasteiger partial charge is 0.423 e. The molecule has 1 aromatic heterocycles. The van der Waals surface area contributed by atoms with E-state index in [1.807, 2.05) is 0 Å². The van der Waals surface area contributed by atoms with Crippen LogP contribution in [0, 0.1) is 0 Å². The summed E-state index contributed by atoms with van der Waals surface area (Å²) in [6.07, 6.45) is 1.43. The number of carbonyl (C=O) groups excluding carboxylic acids is 1. The second kappa shape index (κ2) is 4.21. The molecule has 0 radical (unpaired) electrons. The summed E-state index contributed by atoms with van der Waals surface area (Å²) in [6.45, 7) is 0. The van der Waals surface area contributed by atoms with E-state index in [9.17, 15) is 4.79 Å². The van der Waals surface area contributed by atoms with Gasteiger partial charge in [0.2, 0.25) is 0 Å². The monoisotopic (exact) mass is 194 g/mol. The average molecular weight is 194 g/mol. The molecule has 1 amide bonds. The molecule has 14 heavy (non-hydrogen) atoms. The van der Waals surface area contributed by atoms with Crippen molar-refractivity contribution in [3.63, 3.8) is 0 Å². The molecule has 0 saturated heterocycles. The number of rotatable bonds is 2. The molecule has 0 saturated carbocycles. The Morgan fingerprint density at radius 3 is 2.64 bits per heavy atom. The summed E-state index contributed by atoms with van der Waals surface area (Å²) in [4.78, 5) is 16.6. The largest absolute Gasteiger partial charge is 0.490 e. The zero-order valence-corrected chi connectivity index (χ0v) is 8.01. The normalized spacial score (nSPS) is 9.71. The fraction of sp³-hybridized carbons (Fsp3) is 0.250. The van der Waals surface area contributed by atoms with E-state index in [-0.39, 0.29) is 17.1 Å². The molecule has 1 heterocycles. The maximum Gasteiger partial charge on any atom is 0.490 e. The first-order valence-corrected chi connectivity index (χ1v) is 4.06. The summed E-state index contributed by atoms with van der Waals surface area (Å²) in [5.74, 6) is -0.353. The van der Waals surface area contributed by atoms with E-state index in [1.54, 1.807) is 20.2 Å². The minimum absolute atomic E-state index is 0.0625. The highest BCUT2D eigenvalue weighted by molar-refractivity contribution is 6.60. The highest BCUT2D eigenvalue weighted by atomic mass is 16.4. The number of aromatic nitrogens is 1. The highest BCUT2D eigenvalue weighted by Crippen LogP contribution is 1.96. The van der Waals surface area contributed by atoms with E-state index in [0.29, 0.717) is 0 Å². The first-order chi connectivity index (χ1) is 6.54. The van der Waals surface area contributed by atoms with Gasteiger partial charge in [-0.3, -0.25) is 9.78 Å². The third-order valence-corrected chi connectivity index (χ3v) is 1.73. The molecule has 0 spiro atoms. The Balaban J connectivity index is 3.13. The SMILES string of the molecule is CN(C)C(=O)c1ncccc1B(O)O. The lowest BCUT2D eigenvalue weighted by Gasteiger charge is -2.12. The van der Waals surface area contributed by atoms with Crippen LogP contribution < -0.4 is 5.46 Å². The van der Waals surface area contributed by atoms with Gasteiger partial charge in [0, 0.05) is 25.8 Å². The maximum absolute atomic E-state index is 11.5. The van der Waals surface area contributed by atoms with E-state index in [4.69, 9.17) is 10.0 Å². The van der Waals surface area contributed by atoms with Gasteiger partial charge in [-0.2, -0.15) is 0 Å². The third-order valence-electron chi connectivity index (χ3n) is 1.73. The second-order valence-corrected chi connectivity index (χ2v) is 3.01. The molecule has 2 N–H and O–H groups in total. The fourth-order valence-electron chi connectivity index (χ4n) is 1.02. The Bertz CT molecular complexity index is 341. The van der Waals surface area contributed by atoms with E-state index in [0.717, 1.165) is 0 Å². The van der Waals surface area contributed by atoms with Crippen LogP contribution in [0.15, 0.2) is 18.3 Å². The van der Waals surface area contributed by atoms with Crippen molar-refractivity contribution in [3.8, 4) is 0 Å². The molecule has 6 heteroatoms. The van der Waals surface area contributed by atoms with Crippen molar-refractivity contribution < 1.29 is 14.8 Å². The van der Waals surface area contributed by atoms with Crippen molar-refractivity contribution in [3.05, 3.63) is 24.0 Å². The summed E-state index contributed by atoms with van der Waals surface area (Å²) in [5, 5.41) is 18.0. The van der Waals surface area contributed by atoms with Crippen molar-refractivity contribution in [2.45, 2.75) is 0 Å². The van der Waals surface area contributed by atoms with Crippen LogP contribution >= 0.6 is 0 Å². The van der Waals surface area contributed by atoms with E-state index < -0.39 is 7.12 Å². The first kappa shape index (κ1) is 10.7. The Labute approximate surface area is 82.1 Å². The Hall–Kier alpha value is -1.40. The quantitative estimate of drug-likeness (QED) is 0.559. The van der Waals surface area contributed by atoms with E-state index in [1.165, 1.54) is 17.2 Å². The van der Waals surface area contributed by atoms with Crippen molar-refractivity contribution in [1.82, 2.24) is 9.88 Å². The number of amides is 1. The molecule has 5 nitrogen and oxygen atoms in total. The van der Waals surface area contributed by atoms with Crippen LogP contribution in [-0.2, 0) is 0 Å². The van der Waals surface area contributed by atoms with E-state index >= 15 is 0 Å². The van der Waals surface area contributed by atoms with Gasteiger partial charge < -0.3 is 14.9 Å². The molecular formula is C8H11BN2O3. The summed E-state index contributed by atoms with van der Waals surface area (Å²) >= 11 is 0. The minimum Gasteiger partial charge on any atom is -0.423 e. The number of carbonyl (C=O) groups is 1. The van der Waals surface area contributed by atoms with Crippen molar-refractivity contribution >= 4 is 18.5 Å². The van der Waals surface area contributed by atoms with Crippen molar-refractivity contribution in [2.24, 2.45) is 0 Å². The summed E-state index contributed by atoms with van der Waals surface area (Å²) < 4.78 is 0. The Morgan fingerprint density at radius 1 is 1.50 bits per heavy atom. The number of nitrogens with zero attached hydrogens (tertiary/aromatic N) is 2. The van der Waals surface area contributed by atoms with Gasteiger partial charge in [-0.15, -0.1) is 0 Å². The molecule has 0 aliphatic carbocycles. The van der Waals surface area contributed by atoms with Gasteiger partial charge in [-0.05, 0) is 6.07 Å². The summed E-state index contributed by atoms with van der Waals surface area (Å²) in [7, 11) is 1.47. The number of hydrogen-bond acceptors (Lipinski definition) is 4. The topological polar surface area (TPSA) is 73.7 Å². The number of hydrogen-bond donors (Lipinski definition) is 2.